The van der Waals surface area contributed by atoms with Gasteiger partial charge in [0.2, 0.25) is 0 Å². The second-order valence-electron chi connectivity index (χ2n) is 8.03. The highest BCUT2D eigenvalue weighted by Crippen LogP contribution is 2.34. The molecule has 0 amide bonds. The Morgan fingerprint density at radius 3 is 2.18 bits per heavy atom. The van der Waals surface area contributed by atoms with Crippen LogP contribution in [0.2, 0.25) is 0 Å². The molecule has 0 N–H and O–H groups in total. The molecule has 1 aromatic heterocycles. The molecule has 0 spiro atoms. The van der Waals surface area contributed by atoms with E-state index in [1.807, 2.05) is 0 Å². The predicted octanol–water partition coefficient (Wildman–Crippen LogP) is 6.76. The summed E-state index contributed by atoms with van der Waals surface area (Å²) in [7, 11) is 0. The second-order valence-corrected chi connectivity index (χ2v) is 8.03. The van der Waals surface area contributed by atoms with Crippen LogP contribution in [0, 0.1) is 23.4 Å². The van der Waals surface area contributed by atoms with Crippen molar-refractivity contribution in [2.24, 2.45) is 5.92 Å². The number of pyridine rings is 1. The lowest BCUT2D eigenvalue weighted by Crippen LogP contribution is -2.27. The first-order valence-corrected chi connectivity index (χ1v) is 10.8. The van der Waals surface area contributed by atoms with Gasteiger partial charge in [-0.1, -0.05) is 31.5 Å². The van der Waals surface area contributed by atoms with Crippen LogP contribution in [0.1, 0.15) is 37.2 Å². The molecule has 2 heterocycles. The van der Waals surface area contributed by atoms with Crippen LogP contribution in [-0.2, 0) is 15.6 Å². The first-order valence-electron chi connectivity index (χ1n) is 10.8. The fourth-order valence-corrected chi connectivity index (χ4v) is 3.66. The summed E-state index contributed by atoms with van der Waals surface area (Å²) in [6.45, 7) is 3.35. The molecule has 0 unspecified atom stereocenters. The van der Waals surface area contributed by atoms with E-state index in [1.165, 1.54) is 12.1 Å². The van der Waals surface area contributed by atoms with Crippen LogP contribution in [0.25, 0.3) is 11.3 Å². The maximum atomic E-state index is 14.5. The number of rotatable bonds is 7. The molecule has 0 radical (unpaired) electrons. The van der Waals surface area contributed by atoms with Gasteiger partial charge >= 0.3 is 6.11 Å². The van der Waals surface area contributed by atoms with Gasteiger partial charge in [-0.15, -0.1) is 0 Å². The summed E-state index contributed by atoms with van der Waals surface area (Å²) in [5.74, 6) is -5.46. The van der Waals surface area contributed by atoms with Crippen LogP contribution in [0.15, 0.2) is 54.7 Å². The third-order valence-electron chi connectivity index (χ3n) is 5.44. The Morgan fingerprint density at radius 1 is 0.971 bits per heavy atom. The fourth-order valence-electron chi connectivity index (χ4n) is 3.66. The van der Waals surface area contributed by atoms with Gasteiger partial charge < -0.3 is 14.2 Å². The molecular weight excluding hydrogens is 457 g/mol. The third kappa shape index (κ3) is 5.37. The molecule has 1 aliphatic heterocycles. The highest BCUT2D eigenvalue weighted by atomic mass is 19.3. The number of benzene rings is 2. The van der Waals surface area contributed by atoms with Crippen LogP contribution in [-0.4, -0.2) is 18.2 Å². The zero-order valence-corrected chi connectivity index (χ0v) is 18.2. The Hall–Kier alpha value is -3.04. The van der Waals surface area contributed by atoms with Crippen molar-refractivity contribution in [3.63, 3.8) is 0 Å². The van der Waals surface area contributed by atoms with Gasteiger partial charge in [-0.2, -0.15) is 8.78 Å². The van der Waals surface area contributed by atoms with Gasteiger partial charge in [-0.05, 0) is 24.6 Å². The molecule has 0 bridgehead atoms. The van der Waals surface area contributed by atoms with Gasteiger partial charge in [-0.25, -0.2) is 13.2 Å². The van der Waals surface area contributed by atoms with Crippen molar-refractivity contribution in [3.05, 3.63) is 83.3 Å². The molecule has 34 heavy (non-hydrogen) atoms. The summed E-state index contributed by atoms with van der Waals surface area (Å²) in [5, 5.41) is 0. The molecule has 3 aromatic rings. The number of alkyl halides is 2. The monoisotopic (exact) mass is 479 g/mol. The smallest absolute Gasteiger partial charge is 0.426 e. The van der Waals surface area contributed by atoms with Crippen LogP contribution in [0.4, 0.5) is 22.0 Å². The Kier molecular flexibility index (Phi) is 7.13. The molecule has 0 saturated carbocycles. The van der Waals surface area contributed by atoms with Gasteiger partial charge in [0.05, 0.1) is 24.5 Å². The lowest BCUT2D eigenvalue weighted by atomic mass is 10.0. The molecule has 4 nitrogen and oxygen atoms in total. The van der Waals surface area contributed by atoms with Gasteiger partial charge in [0.15, 0.2) is 23.7 Å². The first kappa shape index (κ1) is 24.1. The summed E-state index contributed by atoms with van der Waals surface area (Å²) < 4.78 is 84.5. The van der Waals surface area contributed by atoms with Crippen LogP contribution >= 0.6 is 0 Å². The lowest BCUT2D eigenvalue weighted by molar-refractivity contribution is -0.206. The first-order chi connectivity index (χ1) is 16.3. The summed E-state index contributed by atoms with van der Waals surface area (Å²) in [6.07, 6.45) is -0.671. The Morgan fingerprint density at radius 2 is 1.62 bits per heavy atom. The van der Waals surface area contributed by atoms with E-state index in [9.17, 15) is 22.0 Å². The molecule has 0 atom stereocenters. The van der Waals surface area contributed by atoms with Crippen LogP contribution < -0.4 is 4.74 Å². The maximum absolute atomic E-state index is 14.5. The predicted molar refractivity (Wildman–Crippen MR) is 114 cm³/mol. The van der Waals surface area contributed by atoms with Crippen molar-refractivity contribution in [1.29, 1.82) is 0 Å². The second kappa shape index (κ2) is 10.1. The molecule has 4 rings (SSSR count). The van der Waals surface area contributed by atoms with Crippen molar-refractivity contribution in [1.82, 2.24) is 4.98 Å². The van der Waals surface area contributed by atoms with E-state index in [-0.39, 0.29) is 0 Å². The number of ether oxygens (including phenoxy) is 3. The highest BCUT2D eigenvalue weighted by molar-refractivity contribution is 5.59. The number of nitrogens with zero attached hydrogens (tertiary/aromatic N) is 1. The summed E-state index contributed by atoms with van der Waals surface area (Å²) in [5.41, 5.74) is 1.32. The van der Waals surface area contributed by atoms with Gasteiger partial charge in [-0.3, -0.25) is 4.98 Å². The number of aromatic nitrogens is 1. The summed E-state index contributed by atoms with van der Waals surface area (Å²) in [4.78, 5) is 4.37. The normalized spacial score (nSPS) is 18.6. The zero-order valence-electron chi connectivity index (χ0n) is 18.2. The van der Waals surface area contributed by atoms with E-state index in [0.717, 1.165) is 30.5 Å². The summed E-state index contributed by atoms with van der Waals surface area (Å²) >= 11 is 0. The quantitative estimate of drug-likeness (QED) is 0.278. The molecule has 1 aliphatic rings. The topological polar surface area (TPSA) is 40.6 Å². The van der Waals surface area contributed by atoms with Crippen molar-refractivity contribution < 1.29 is 36.2 Å². The minimum Gasteiger partial charge on any atom is -0.429 e. The SMILES string of the molecule is CCCC1COC(c2ccc(-c3ccc(C(F)(F)Oc4cc(F)c(F)c(F)c4)cc3)nc2)OC1. The number of hydrogen-bond acceptors (Lipinski definition) is 4. The molecule has 0 aliphatic carbocycles. The van der Waals surface area contributed by atoms with E-state index < -0.39 is 41.2 Å². The van der Waals surface area contributed by atoms with E-state index in [1.54, 1.807) is 18.3 Å². The van der Waals surface area contributed by atoms with Crippen molar-refractivity contribution in [2.75, 3.05) is 13.2 Å². The number of hydrogen-bond donors (Lipinski definition) is 0. The van der Waals surface area contributed by atoms with E-state index in [4.69, 9.17) is 9.47 Å². The maximum Gasteiger partial charge on any atom is 0.426 e. The largest absolute Gasteiger partial charge is 0.429 e. The van der Waals surface area contributed by atoms with Gasteiger partial charge in [0.25, 0.3) is 0 Å². The van der Waals surface area contributed by atoms with Gasteiger partial charge in [0.1, 0.15) is 5.75 Å². The Bertz CT molecular complexity index is 1090. The molecule has 2 aromatic carbocycles. The molecular formula is C25H22F5NO3. The highest BCUT2D eigenvalue weighted by Gasteiger charge is 2.35. The van der Waals surface area contributed by atoms with E-state index in [2.05, 4.69) is 16.6 Å². The van der Waals surface area contributed by atoms with Gasteiger partial charge in [0, 0.05) is 35.4 Å². The van der Waals surface area contributed by atoms with Crippen LogP contribution in [0.5, 0.6) is 5.75 Å². The Labute approximate surface area is 193 Å². The molecule has 1 fully saturated rings. The average molecular weight is 479 g/mol. The van der Waals surface area contributed by atoms with Crippen molar-refractivity contribution in [3.8, 4) is 17.0 Å². The zero-order chi connectivity index (χ0) is 24.3. The lowest BCUT2D eigenvalue weighted by Gasteiger charge is -2.29. The number of halogens is 5. The Balaban J connectivity index is 1.43. The minimum absolute atomic E-state index is 0.357. The standard InChI is InChI=1S/C25H22F5NO3/c1-2-3-15-13-32-24(33-14-15)17-6-9-22(31-12-17)16-4-7-18(8-5-16)25(29,30)34-19-10-20(26)23(28)21(27)11-19/h4-12,15,24H,2-3,13-14H2,1H3. The van der Waals surface area contributed by atoms with E-state index >= 15 is 0 Å². The fraction of sp³-hybridized carbons (Fsp3) is 0.320. The van der Waals surface area contributed by atoms with E-state index in [0.29, 0.717) is 42.5 Å². The van der Waals surface area contributed by atoms with Crippen molar-refractivity contribution >= 4 is 0 Å². The molecule has 1 saturated heterocycles. The minimum atomic E-state index is -3.90. The summed E-state index contributed by atoms with van der Waals surface area (Å²) in [6, 6.07) is 9.31. The van der Waals surface area contributed by atoms with Crippen LogP contribution in [0.3, 0.4) is 0 Å². The average Bonchev–Trinajstić information content (AvgIpc) is 2.83. The third-order valence-corrected chi connectivity index (χ3v) is 5.44. The molecule has 9 heteroatoms. The van der Waals surface area contributed by atoms with Crippen molar-refractivity contribution in [2.45, 2.75) is 32.2 Å². The molecule has 180 valence electrons.